The summed E-state index contributed by atoms with van der Waals surface area (Å²) in [7, 11) is -2.39. The number of benzene rings is 2. The van der Waals surface area contributed by atoms with E-state index >= 15 is 0 Å². The van der Waals surface area contributed by atoms with Crippen molar-refractivity contribution in [3.8, 4) is 5.75 Å². The lowest BCUT2D eigenvalue weighted by Crippen LogP contribution is -2.36. The van der Waals surface area contributed by atoms with Crippen molar-refractivity contribution in [2.75, 3.05) is 30.8 Å². The summed E-state index contributed by atoms with van der Waals surface area (Å²) in [5.41, 5.74) is 0.0954. The first-order valence-electron chi connectivity index (χ1n) is 12.2. The second kappa shape index (κ2) is 12.6. The molecule has 2 N–H and O–H groups in total. The Morgan fingerprint density at radius 3 is 2.38 bits per heavy atom. The van der Waals surface area contributed by atoms with Crippen LogP contribution in [0.15, 0.2) is 41.3 Å². The SMILES string of the molecule is COc1ccc(NC(=O)[C@@H](CC(C)C)Nc2ccc(S(=O)(=O)N3CCCCCC3)cc2[N+](=O)[O-])cc1Cl. The van der Waals surface area contributed by atoms with Crippen molar-refractivity contribution >= 4 is 44.6 Å². The van der Waals surface area contributed by atoms with Gasteiger partial charge in [-0.15, -0.1) is 0 Å². The average molecular weight is 553 g/mol. The maximum atomic E-state index is 13.2. The van der Waals surface area contributed by atoms with Gasteiger partial charge < -0.3 is 15.4 Å². The number of methoxy groups -OCH3 is 1. The Bertz CT molecular complexity index is 1230. The lowest BCUT2D eigenvalue weighted by Gasteiger charge is -2.22. The van der Waals surface area contributed by atoms with Crippen molar-refractivity contribution in [1.29, 1.82) is 0 Å². The Balaban J connectivity index is 1.87. The Morgan fingerprint density at radius 1 is 1.14 bits per heavy atom. The summed E-state index contributed by atoms with van der Waals surface area (Å²) in [6, 6.07) is 7.76. The van der Waals surface area contributed by atoms with Crippen molar-refractivity contribution in [3.05, 3.63) is 51.5 Å². The van der Waals surface area contributed by atoms with Gasteiger partial charge in [-0.25, -0.2) is 8.42 Å². The van der Waals surface area contributed by atoms with E-state index in [1.54, 1.807) is 18.2 Å². The second-order valence-corrected chi connectivity index (χ2v) is 11.8. The first-order chi connectivity index (χ1) is 17.5. The van der Waals surface area contributed by atoms with Crippen LogP contribution in [0.2, 0.25) is 5.02 Å². The number of rotatable bonds is 10. The van der Waals surface area contributed by atoms with Gasteiger partial charge in [-0.2, -0.15) is 4.31 Å². The number of ether oxygens (including phenoxy) is 1. The number of hydrogen-bond donors (Lipinski definition) is 2. The minimum Gasteiger partial charge on any atom is -0.495 e. The molecular weight excluding hydrogens is 520 g/mol. The van der Waals surface area contributed by atoms with E-state index in [2.05, 4.69) is 10.6 Å². The van der Waals surface area contributed by atoms with Crippen LogP contribution in [0.25, 0.3) is 0 Å². The number of sulfonamides is 1. The van der Waals surface area contributed by atoms with E-state index in [9.17, 15) is 23.3 Å². The number of carbonyl (C=O) groups is 1. The zero-order chi connectivity index (χ0) is 27.2. The number of carbonyl (C=O) groups excluding carboxylic acids is 1. The third kappa shape index (κ3) is 7.33. The quantitative estimate of drug-likeness (QED) is 0.302. The second-order valence-electron chi connectivity index (χ2n) is 9.42. The van der Waals surface area contributed by atoms with E-state index in [1.807, 2.05) is 13.8 Å². The summed E-state index contributed by atoms with van der Waals surface area (Å²) < 4.78 is 32.9. The van der Waals surface area contributed by atoms with Crippen LogP contribution >= 0.6 is 11.6 Å². The summed E-state index contributed by atoms with van der Waals surface area (Å²) in [5, 5.41) is 18.0. The largest absolute Gasteiger partial charge is 0.495 e. The Hall–Kier alpha value is -2.89. The molecule has 1 saturated heterocycles. The van der Waals surface area contributed by atoms with Gasteiger partial charge in [-0.3, -0.25) is 14.9 Å². The molecule has 0 aromatic heterocycles. The highest BCUT2D eigenvalue weighted by Gasteiger charge is 2.29. The monoisotopic (exact) mass is 552 g/mol. The molecule has 202 valence electrons. The van der Waals surface area contributed by atoms with Gasteiger partial charge in [0.25, 0.3) is 5.69 Å². The smallest absolute Gasteiger partial charge is 0.293 e. The van der Waals surface area contributed by atoms with Crippen molar-refractivity contribution in [3.63, 3.8) is 0 Å². The van der Waals surface area contributed by atoms with Gasteiger partial charge >= 0.3 is 0 Å². The molecule has 0 unspecified atom stereocenters. The topological polar surface area (TPSA) is 131 Å². The number of nitrogens with one attached hydrogen (secondary N) is 2. The number of halogens is 1. The molecule has 3 rings (SSSR count). The average Bonchev–Trinajstić information content (AvgIpc) is 3.14. The Kier molecular flexibility index (Phi) is 9.74. The molecule has 1 fully saturated rings. The van der Waals surface area contributed by atoms with Gasteiger partial charge in [0.15, 0.2) is 0 Å². The number of amides is 1. The molecule has 1 amide bonds. The van der Waals surface area contributed by atoms with Gasteiger partial charge in [0.05, 0.1) is 22.0 Å². The normalized spacial score (nSPS) is 15.6. The minimum atomic E-state index is -3.87. The lowest BCUT2D eigenvalue weighted by molar-refractivity contribution is -0.384. The molecular formula is C25H33ClN4O6S. The van der Waals surface area contributed by atoms with E-state index in [0.29, 0.717) is 36.0 Å². The standard InChI is InChI=1S/C25H33ClN4O6S/c1-17(2)14-22(25(31)27-18-8-11-24(36-3)20(26)15-18)28-21-10-9-19(16-23(21)30(32)33)37(34,35)29-12-6-4-5-7-13-29/h8-11,15-17,22,28H,4-7,12-14H2,1-3H3,(H,27,31)/t22-/m1/s1. The van der Waals surface area contributed by atoms with E-state index in [0.717, 1.165) is 31.7 Å². The number of hydrogen-bond acceptors (Lipinski definition) is 7. The zero-order valence-corrected chi connectivity index (χ0v) is 22.8. The van der Waals surface area contributed by atoms with Crippen LogP contribution in [0.4, 0.5) is 17.1 Å². The minimum absolute atomic E-state index is 0.0633. The third-order valence-corrected chi connectivity index (χ3v) is 8.33. The number of nitro benzene ring substituents is 1. The first-order valence-corrected chi connectivity index (χ1v) is 14.0. The van der Waals surface area contributed by atoms with Gasteiger partial charge in [0.2, 0.25) is 15.9 Å². The van der Waals surface area contributed by atoms with Crippen LogP contribution in [-0.4, -0.2) is 49.8 Å². The number of nitro groups is 1. The number of nitrogens with zero attached hydrogens (tertiary/aromatic N) is 2. The fourth-order valence-corrected chi connectivity index (χ4v) is 6.04. The maximum Gasteiger partial charge on any atom is 0.293 e. The molecule has 1 aliphatic rings. The molecule has 2 aromatic carbocycles. The molecule has 0 radical (unpaired) electrons. The molecule has 10 nitrogen and oxygen atoms in total. The summed E-state index contributed by atoms with van der Waals surface area (Å²) in [6.07, 6.45) is 3.80. The predicted octanol–water partition coefficient (Wildman–Crippen LogP) is 5.29. The fraction of sp³-hybridized carbons (Fsp3) is 0.480. The maximum absolute atomic E-state index is 13.2. The lowest BCUT2D eigenvalue weighted by atomic mass is 10.0. The summed E-state index contributed by atoms with van der Waals surface area (Å²) >= 11 is 6.16. The van der Waals surface area contributed by atoms with E-state index in [4.69, 9.17) is 16.3 Å². The van der Waals surface area contributed by atoms with Gasteiger partial charge in [0, 0.05) is 24.8 Å². The first kappa shape index (κ1) is 28.7. The highest BCUT2D eigenvalue weighted by molar-refractivity contribution is 7.89. The molecule has 0 spiro atoms. The molecule has 1 atom stereocenters. The van der Waals surface area contributed by atoms with Crippen LogP contribution in [0.1, 0.15) is 46.0 Å². The third-order valence-electron chi connectivity index (χ3n) is 6.14. The van der Waals surface area contributed by atoms with Crippen LogP contribution in [-0.2, 0) is 14.8 Å². The molecule has 0 saturated carbocycles. The van der Waals surface area contributed by atoms with Crippen molar-refractivity contribution in [1.82, 2.24) is 4.31 Å². The predicted molar refractivity (Wildman–Crippen MR) is 144 cm³/mol. The van der Waals surface area contributed by atoms with E-state index in [-0.39, 0.29) is 16.5 Å². The van der Waals surface area contributed by atoms with E-state index in [1.165, 1.54) is 23.5 Å². The highest BCUT2D eigenvalue weighted by atomic mass is 35.5. The van der Waals surface area contributed by atoms with Crippen LogP contribution in [0.3, 0.4) is 0 Å². The van der Waals surface area contributed by atoms with Gasteiger partial charge in [0.1, 0.15) is 17.5 Å². The highest BCUT2D eigenvalue weighted by Crippen LogP contribution is 2.32. The number of anilines is 2. The molecule has 37 heavy (non-hydrogen) atoms. The van der Waals surface area contributed by atoms with Gasteiger partial charge in [-0.05, 0) is 55.5 Å². The van der Waals surface area contributed by atoms with Crippen molar-refractivity contribution < 1.29 is 22.9 Å². The zero-order valence-electron chi connectivity index (χ0n) is 21.2. The summed E-state index contributed by atoms with van der Waals surface area (Å²) in [5.74, 6) is 0.136. The van der Waals surface area contributed by atoms with E-state index < -0.39 is 32.6 Å². The molecule has 0 bridgehead atoms. The molecule has 0 aliphatic carbocycles. The van der Waals surface area contributed by atoms with Crippen LogP contribution in [0.5, 0.6) is 5.75 Å². The Labute approximate surface area is 222 Å². The molecule has 1 aliphatic heterocycles. The molecule has 2 aromatic rings. The Morgan fingerprint density at radius 2 is 1.81 bits per heavy atom. The van der Waals surface area contributed by atoms with Crippen LogP contribution < -0.4 is 15.4 Å². The fourth-order valence-electron chi connectivity index (χ4n) is 4.24. The molecule has 1 heterocycles. The van der Waals surface area contributed by atoms with Crippen LogP contribution in [0, 0.1) is 16.0 Å². The van der Waals surface area contributed by atoms with Crippen molar-refractivity contribution in [2.24, 2.45) is 5.92 Å². The summed E-state index contributed by atoms with van der Waals surface area (Å²) in [4.78, 5) is 24.3. The van der Waals surface area contributed by atoms with Gasteiger partial charge in [-0.1, -0.05) is 38.3 Å². The summed E-state index contributed by atoms with van der Waals surface area (Å²) in [6.45, 7) is 4.64. The van der Waals surface area contributed by atoms with Crippen molar-refractivity contribution in [2.45, 2.75) is 56.9 Å². The molecule has 12 heteroatoms.